The second-order valence-electron chi connectivity index (χ2n) is 5.95. The first-order valence-electron chi connectivity index (χ1n) is 8.37. The number of terminal acetylenes is 1. The first kappa shape index (κ1) is 18.8. The number of aliphatic imine (C=N–C) groups is 1. The summed E-state index contributed by atoms with van der Waals surface area (Å²) in [6.45, 7) is -0.119. The van der Waals surface area contributed by atoms with Gasteiger partial charge in [0.15, 0.2) is 23.0 Å². The van der Waals surface area contributed by atoms with Gasteiger partial charge in [0, 0.05) is 17.3 Å². The molecular formula is C22H17NO5. The number of nitrogens with zero attached hydrogens (tertiary/aromatic N) is 1. The predicted molar refractivity (Wildman–Crippen MR) is 107 cm³/mol. The van der Waals surface area contributed by atoms with Crippen molar-refractivity contribution in [2.75, 3.05) is 13.2 Å². The lowest BCUT2D eigenvalue weighted by atomic mass is 10.0. The average Bonchev–Trinajstić information content (AvgIpc) is 2.70. The Hall–Kier alpha value is -3.98. The van der Waals surface area contributed by atoms with Gasteiger partial charge in [0.2, 0.25) is 0 Å². The molecule has 0 fully saturated rings. The number of fused-ring (bicyclic) bond motifs is 1. The zero-order valence-electron chi connectivity index (χ0n) is 14.8. The van der Waals surface area contributed by atoms with Crippen LogP contribution in [0.2, 0.25) is 0 Å². The smallest absolute Gasteiger partial charge is 0.200 e. The van der Waals surface area contributed by atoms with E-state index in [0.717, 1.165) is 22.9 Å². The number of benzene rings is 3. The van der Waals surface area contributed by atoms with Gasteiger partial charge in [-0.3, -0.25) is 9.79 Å². The van der Waals surface area contributed by atoms with Gasteiger partial charge in [0.25, 0.3) is 0 Å². The number of hydrogen-bond acceptors (Lipinski definition) is 6. The standard InChI is InChI=1S/C22H17NO5/c1-2-9-28-21-8-7-14-5-3-4-6-16(14)17(21)12-23-13-20(26)15-10-18(24)22(27)19(25)11-15/h1,3-8,10-12,24-25,27H,9,13H2. The van der Waals surface area contributed by atoms with Gasteiger partial charge in [-0.05, 0) is 29.0 Å². The largest absolute Gasteiger partial charge is 0.504 e. The highest BCUT2D eigenvalue weighted by molar-refractivity contribution is 6.04. The molecule has 3 aromatic rings. The molecule has 0 aliphatic heterocycles. The van der Waals surface area contributed by atoms with Gasteiger partial charge in [-0.25, -0.2) is 0 Å². The monoisotopic (exact) mass is 375 g/mol. The van der Waals surface area contributed by atoms with Crippen LogP contribution in [0.4, 0.5) is 0 Å². The van der Waals surface area contributed by atoms with Gasteiger partial charge < -0.3 is 20.1 Å². The number of ketones is 1. The summed E-state index contributed by atoms with van der Waals surface area (Å²) in [7, 11) is 0. The molecule has 0 aliphatic carbocycles. The van der Waals surface area contributed by atoms with Crippen molar-refractivity contribution in [3.63, 3.8) is 0 Å². The van der Waals surface area contributed by atoms with Gasteiger partial charge in [-0.1, -0.05) is 36.3 Å². The third-order valence-electron chi connectivity index (χ3n) is 4.09. The quantitative estimate of drug-likeness (QED) is 0.266. The lowest BCUT2D eigenvalue weighted by molar-refractivity contribution is 0.100. The molecule has 140 valence electrons. The molecule has 0 unspecified atom stereocenters. The summed E-state index contributed by atoms with van der Waals surface area (Å²) in [6.07, 6.45) is 6.80. The fourth-order valence-corrected chi connectivity index (χ4v) is 2.73. The molecule has 0 amide bonds. The molecule has 0 saturated carbocycles. The summed E-state index contributed by atoms with van der Waals surface area (Å²) in [4.78, 5) is 16.5. The maximum atomic E-state index is 12.3. The van der Waals surface area contributed by atoms with Gasteiger partial charge >= 0.3 is 0 Å². The zero-order chi connectivity index (χ0) is 20.1. The van der Waals surface area contributed by atoms with E-state index < -0.39 is 23.0 Å². The summed E-state index contributed by atoms with van der Waals surface area (Å²) < 4.78 is 5.58. The topological polar surface area (TPSA) is 99.4 Å². The normalized spacial score (nSPS) is 10.8. The third kappa shape index (κ3) is 3.89. The van der Waals surface area contributed by atoms with Crippen LogP contribution in [0.15, 0.2) is 53.5 Å². The van der Waals surface area contributed by atoms with E-state index in [9.17, 15) is 20.1 Å². The Morgan fingerprint density at radius 1 is 1.11 bits per heavy atom. The number of aromatic hydroxyl groups is 3. The molecule has 3 N–H and O–H groups in total. The first-order valence-corrected chi connectivity index (χ1v) is 8.37. The minimum absolute atomic E-state index is 0.0340. The van der Waals surface area contributed by atoms with Crippen molar-refractivity contribution >= 4 is 22.8 Å². The summed E-state index contributed by atoms with van der Waals surface area (Å²) in [6, 6.07) is 13.5. The number of Topliss-reactive ketones (excluding diaryl/α,β-unsaturated/α-hetero) is 1. The minimum Gasteiger partial charge on any atom is -0.504 e. The number of carbonyl (C=O) groups is 1. The molecule has 0 aliphatic rings. The number of carbonyl (C=O) groups excluding carboxylic acids is 1. The summed E-state index contributed by atoms with van der Waals surface area (Å²) in [5.74, 6) is 0.696. The predicted octanol–water partition coefficient (Wildman–Crippen LogP) is 3.27. The molecule has 0 atom stereocenters. The van der Waals surface area contributed by atoms with Crippen LogP contribution in [0, 0.1) is 12.3 Å². The molecule has 3 aromatic carbocycles. The molecule has 0 bridgehead atoms. The number of rotatable bonds is 6. The van der Waals surface area contributed by atoms with Crippen molar-refractivity contribution in [2.45, 2.75) is 0 Å². The van der Waals surface area contributed by atoms with E-state index in [2.05, 4.69) is 10.9 Å². The molecule has 0 radical (unpaired) electrons. The van der Waals surface area contributed by atoms with Crippen molar-refractivity contribution in [3.05, 3.63) is 59.7 Å². The fourth-order valence-electron chi connectivity index (χ4n) is 2.73. The van der Waals surface area contributed by atoms with Crippen molar-refractivity contribution < 1.29 is 24.9 Å². The molecule has 0 saturated heterocycles. The number of hydrogen-bond donors (Lipinski definition) is 3. The van der Waals surface area contributed by atoms with E-state index in [4.69, 9.17) is 11.2 Å². The van der Waals surface area contributed by atoms with E-state index in [0.29, 0.717) is 11.3 Å². The Morgan fingerprint density at radius 3 is 2.54 bits per heavy atom. The Kier molecular flexibility index (Phi) is 5.47. The third-order valence-corrected chi connectivity index (χ3v) is 4.09. The van der Waals surface area contributed by atoms with Crippen molar-refractivity contribution in [1.82, 2.24) is 0 Å². The van der Waals surface area contributed by atoms with Crippen molar-refractivity contribution in [1.29, 1.82) is 0 Å². The van der Waals surface area contributed by atoms with E-state index >= 15 is 0 Å². The first-order chi connectivity index (χ1) is 13.5. The summed E-state index contributed by atoms with van der Waals surface area (Å²) in [5, 5.41) is 30.3. The van der Waals surface area contributed by atoms with Gasteiger partial charge in [-0.2, -0.15) is 0 Å². The van der Waals surface area contributed by atoms with Crippen LogP contribution in [-0.4, -0.2) is 40.5 Å². The van der Waals surface area contributed by atoms with Gasteiger partial charge in [-0.15, -0.1) is 6.42 Å². The molecule has 6 heteroatoms. The van der Waals surface area contributed by atoms with Crippen LogP contribution < -0.4 is 4.74 Å². The van der Waals surface area contributed by atoms with E-state index in [-0.39, 0.29) is 18.7 Å². The number of phenolic OH excluding ortho intramolecular Hbond substituents is 3. The van der Waals surface area contributed by atoms with Crippen LogP contribution in [0.25, 0.3) is 10.8 Å². The van der Waals surface area contributed by atoms with Crippen molar-refractivity contribution in [3.8, 4) is 35.3 Å². The fraction of sp³-hybridized carbons (Fsp3) is 0.0909. The zero-order valence-corrected chi connectivity index (χ0v) is 14.8. The number of ether oxygens (including phenoxy) is 1. The molecular weight excluding hydrogens is 358 g/mol. The molecule has 0 aromatic heterocycles. The molecule has 28 heavy (non-hydrogen) atoms. The van der Waals surface area contributed by atoms with Gasteiger partial charge in [0.1, 0.15) is 18.9 Å². The Labute approximate surface area is 161 Å². The second-order valence-corrected chi connectivity index (χ2v) is 5.95. The van der Waals surface area contributed by atoms with Crippen LogP contribution in [-0.2, 0) is 0 Å². The van der Waals surface area contributed by atoms with E-state index in [1.807, 2.05) is 30.3 Å². The molecule has 6 nitrogen and oxygen atoms in total. The van der Waals surface area contributed by atoms with Crippen LogP contribution in [0.5, 0.6) is 23.0 Å². The Morgan fingerprint density at radius 2 is 1.82 bits per heavy atom. The summed E-state index contributed by atoms with van der Waals surface area (Å²) >= 11 is 0. The molecule has 0 spiro atoms. The Balaban J connectivity index is 1.88. The molecule has 0 heterocycles. The van der Waals surface area contributed by atoms with Crippen LogP contribution in [0.1, 0.15) is 15.9 Å². The number of phenols is 3. The highest BCUT2D eigenvalue weighted by Crippen LogP contribution is 2.35. The minimum atomic E-state index is -0.675. The highest BCUT2D eigenvalue weighted by atomic mass is 16.5. The van der Waals surface area contributed by atoms with Gasteiger partial charge in [0.05, 0.1) is 0 Å². The van der Waals surface area contributed by atoms with E-state index in [1.54, 1.807) is 6.07 Å². The van der Waals surface area contributed by atoms with E-state index in [1.165, 1.54) is 6.21 Å². The van der Waals surface area contributed by atoms with Crippen molar-refractivity contribution in [2.24, 2.45) is 4.99 Å². The second kappa shape index (κ2) is 8.14. The lowest BCUT2D eigenvalue weighted by Gasteiger charge is -2.10. The van der Waals surface area contributed by atoms with Crippen LogP contribution in [0.3, 0.4) is 0 Å². The maximum Gasteiger partial charge on any atom is 0.200 e. The lowest BCUT2D eigenvalue weighted by Crippen LogP contribution is -2.04. The SMILES string of the molecule is C#CCOc1ccc2ccccc2c1C=NCC(=O)c1cc(O)c(O)c(O)c1. The molecule has 3 rings (SSSR count). The summed E-state index contributed by atoms with van der Waals surface area (Å²) in [5.41, 5.74) is 0.726. The maximum absolute atomic E-state index is 12.3. The average molecular weight is 375 g/mol. The highest BCUT2D eigenvalue weighted by Gasteiger charge is 2.13. The van der Waals surface area contributed by atoms with Crippen LogP contribution >= 0.6 is 0 Å². The Bertz CT molecular complexity index is 1090.